The smallest absolute Gasteiger partial charge is 0.0323 e. The van der Waals surface area contributed by atoms with Crippen LogP contribution < -0.4 is 0 Å². The van der Waals surface area contributed by atoms with Gasteiger partial charge in [0.15, 0.2) is 0 Å². The Morgan fingerprint density at radius 1 is 1.08 bits per heavy atom. The van der Waals surface area contributed by atoms with Crippen LogP contribution in [-0.2, 0) is 0 Å². The zero-order chi connectivity index (χ0) is 9.23. The lowest BCUT2D eigenvalue weighted by Crippen LogP contribution is -1.80. The first-order valence-corrected chi connectivity index (χ1v) is 5.05. The van der Waals surface area contributed by atoms with Gasteiger partial charge in [-0.25, -0.2) is 0 Å². The minimum Gasteiger partial charge on any atom is -0.0856 e. The number of rotatable bonds is 7. The third-order valence-corrected chi connectivity index (χ3v) is 2.02. The van der Waals surface area contributed by atoms with E-state index >= 15 is 0 Å². The summed E-state index contributed by atoms with van der Waals surface area (Å²) >= 11 is 0. The molecule has 0 saturated heterocycles. The number of unbranched alkanes of at least 4 members (excludes halogenated alkanes) is 4. The fourth-order valence-electron chi connectivity index (χ4n) is 1.21. The van der Waals surface area contributed by atoms with E-state index in [-0.39, 0.29) is 0 Å². The predicted octanol–water partition coefficient (Wildman–Crippen LogP) is 4.33. The molecule has 12 heavy (non-hydrogen) atoms. The molecule has 0 unspecified atom stereocenters. The molecule has 0 bridgehead atoms. The van der Waals surface area contributed by atoms with Crippen molar-refractivity contribution < 1.29 is 0 Å². The highest BCUT2D eigenvalue weighted by molar-refractivity contribution is 4.97. The van der Waals surface area contributed by atoms with Crippen molar-refractivity contribution in [3.8, 4) is 0 Å². The molecule has 0 saturated carbocycles. The lowest BCUT2D eigenvalue weighted by Gasteiger charge is -2.00. The molecule has 2 radical (unpaired) electrons. The lowest BCUT2D eigenvalue weighted by molar-refractivity contribution is 0.681. The minimum atomic E-state index is 1.02. The second kappa shape index (κ2) is 8.83. The van der Waals surface area contributed by atoms with Crippen molar-refractivity contribution in [1.29, 1.82) is 0 Å². The average Bonchev–Trinajstić information content (AvgIpc) is 2.09. The van der Waals surface area contributed by atoms with Gasteiger partial charge in [-0.15, -0.1) is 0 Å². The summed E-state index contributed by atoms with van der Waals surface area (Å²) < 4.78 is 0. The second-order valence-corrected chi connectivity index (χ2v) is 3.36. The van der Waals surface area contributed by atoms with E-state index in [1.54, 1.807) is 0 Å². The van der Waals surface area contributed by atoms with Crippen molar-refractivity contribution in [3.05, 3.63) is 25.5 Å². The molecule has 70 valence electrons. The number of hydrogen-bond donors (Lipinski definition) is 0. The van der Waals surface area contributed by atoms with Crippen LogP contribution in [0.5, 0.6) is 0 Å². The molecule has 0 amide bonds. The molecule has 0 spiro atoms. The molecule has 0 aromatic heterocycles. The Morgan fingerprint density at radius 3 is 2.42 bits per heavy atom. The molecule has 0 aromatic carbocycles. The molecule has 0 nitrogen and oxygen atoms in total. The molecule has 0 aromatic rings. The van der Waals surface area contributed by atoms with Crippen molar-refractivity contribution in [2.75, 3.05) is 0 Å². The summed E-state index contributed by atoms with van der Waals surface area (Å²) in [5, 5.41) is 0. The third-order valence-electron chi connectivity index (χ3n) is 2.02. The van der Waals surface area contributed by atoms with Gasteiger partial charge in [0.1, 0.15) is 0 Å². The van der Waals surface area contributed by atoms with Gasteiger partial charge in [0.25, 0.3) is 0 Å². The Bertz CT molecular complexity index is 111. The zero-order valence-corrected chi connectivity index (χ0v) is 8.44. The molecule has 0 atom stereocenters. The lowest BCUT2D eigenvalue weighted by atomic mass is 10.1. The van der Waals surface area contributed by atoms with Crippen LogP contribution in [-0.4, -0.2) is 0 Å². The van der Waals surface area contributed by atoms with E-state index in [0.29, 0.717) is 0 Å². The van der Waals surface area contributed by atoms with Crippen LogP contribution >= 0.6 is 0 Å². The maximum absolute atomic E-state index is 3.83. The molecule has 0 aliphatic heterocycles. The zero-order valence-electron chi connectivity index (χ0n) is 8.44. The van der Waals surface area contributed by atoms with E-state index in [0.717, 1.165) is 19.3 Å². The predicted molar refractivity (Wildman–Crippen MR) is 56.8 cm³/mol. The first kappa shape index (κ1) is 11.7. The maximum atomic E-state index is 3.83. The number of allylic oxidation sites excluding steroid dienone is 2. The summed E-state index contributed by atoms with van der Waals surface area (Å²) in [7, 11) is 0. The molecular formula is C12H22. The highest BCUT2D eigenvalue weighted by Gasteiger charge is 1.90. The van der Waals surface area contributed by atoms with Gasteiger partial charge in [0, 0.05) is 0 Å². The van der Waals surface area contributed by atoms with Crippen LogP contribution in [0.25, 0.3) is 0 Å². The van der Waals surface area contributed by atoms with E-state index in [1.165, 1.54) is 31.3 Å². The van der Waals surface area contributed by atoms with Crippen LogP contribution in [0.2, 0.25) is 0 Å². The number of hydrogen-bond acceptors (Lipinski definition) is 0. The molecule has 0 aliphatic carbocycles. The molecular weight excluding hydrogens is 144 g/mol. The first-order chi connectivity index (χ1) is 5.81. The average molecular weight is 166 g/mol. The fourth-order valence-corrected chi connectivity index (χ4v) is 1.21. The van der Waals surface area contributed by atoms with Gasteiger partial charge >= 0.3 is 0 Å². The third kappa shape index (κ3) is 7.84. The van der Waals surface area contributed by atoms with Gasteiger partial charge in [-0.2, -0.15) is 0 Å². The summed E-state index contributed by atoms with van der Waals surface area (Å²) in [6, 6.07) is 0. The standard InChI is InChI=1S/C12H22/c1-4-6-8-9-11-12(3)10-7-5-2/h10H,1-2,4-9,11H2,3H3. The van der Waals surface area contributed by atoms with Crippen LogP contribution in [0, 0.1) is 13.8 Å². The van der Waals surface area contributed by atoms with Crippen LogP contribution in [0.15, 0.2) is 11.6 Å². The van der Waals surface area contributed by atoms with Gasteiger partial charge in [-0.3, -0.25) is 0 Å². The van der Waals surface area contributed by atoms with Crippen LogP contribution in [0.3, 0.4) is 0 Å². The maximum Gasteiger partial charge on any atom is -0.0323 e. The highest BCUT2D eigenvalue weighted by atomic mass is 14.0. The molecule has 0 aliphatic rings. The van der Waals surface area contributed by atoms with Crippen LogP contribution in [0.4, 0.5) is 0 Å². The van der Waals surface area contributed by atoms with Gasteiger partial charge in [0.2, 0.25) is 0 Å². The van der Waals surface area contributed by atoms with Gasteiger partial charge in [-0.1, -0.05) is 44.8 Å². The van der Waals surface area contributed by atoms with Crippen molar-refractivity contribution >= 4 is 0 Å². The first-order valence-electron chi connectivity index (χ1n) is 5.05. The van der Waals surface area contributed by atoms with Crippen molar-refractivity contribution in [3.63, 3.8) is 0 Å². The van der Waals surface area contributed by atoms with Crippen molar-refractivity contribution in [2.45, 2.75) is 51.9 Å². The second-order valence-electron chi connectivity index (χ2n) is 3.36. The Morgan fingerprint density at radius 2 is 1.83 bits per heavy atom. The van der Waals surface area contributed by atoms with Gasteiger partial charge in [-0.05, 0) is 32.6 Å². The largest absolute Gasteiger partial charge is 0.0856 e. The summed E-state index contributed by atoms with van der Waals surface area (Å²) in [5.74, 6) is 0. The van der Waals surface area contributed by atoms with Gasteiger partial charge in [0.05, 0.1) is 0 Å². The Kier molecular flexibility index (Phi) is 8.64. The SMILES string of the molecule is [CH2]CCC=C(C)CCCCC[CH2]. The molecule has 0 rings (SSSR count). The normalized spacial score (nSPS) is 12.1. The summed E-state index contributed by atoms with van der Waals surface area (Å²) in [5.41, 5.74) is 1.53. The van der Waals surface area contributed by atoms with E-state index in [1.807, 2.05) is 0 Å². The molecule has 0 heteroatoms. The van der Waals surface area contributed by atoms with E-state index in [9.17, 15) is 0 Å². The molecule has 0 fully saturated rings. The summed E-state index contributed by atoms with van der Waals surface area (Å²) in [6.45, 7) is 9.87. The quantitative estimate of drug-likeness (QED) is 0.390. The van der Waals surface area contributed by atoms with Crippen molar-refractivity contribution in [2.24, 2.45) is 0 Å². The molecule has 0 heterocycles. The Hall–Kier alpha value is -0.260. The van der Waals surface area contributed by atoms with E-state index in [4.69, 9.17) is 0 Å². The summed E-state index contributed by atoms with van der Waals surface area (Å²) in [6.07, 6.45) is 10.8. The highest BCUT2D eigenvalue weighted by Crippen LogP contribution is 2.10. The Balaban J connectivity index is 3.24. The Labute approximate surface area is 78.1 Å². The molecule has 0 N–H and O–H groups in total. The van der Waals surface area contributed by atoms with Gasteiger partial charge < -0.3 is 0 Å². The topological polar surface area (TPSA) is 0 Å². The van der Waals surface area contributed by atoms with E-state index in [2.05, 4.69) is 26.8 Å². The fraction of sp³-hybridized carbons (Fsp3) is 0.667. The van der Waals surface area contributed by atoms with E-state index < -0.39 is 0 Å². The monoisotopic (exact) mass is 166 g/mol. The van der Waals surface area contributed by atoms with Crippen molar-refractivity contribution in [1.82, 2.24) is 0 Å². The minimum absolute atomic E-state index is 1.02. The summed E-state index contributed by atoms with van der Waals surface area (Å²) in [4.78, 5) is 0. The van der Waals surface area contributed by atoms with Crippen LogP contribution in [0.1, 0.15) is 51.9 Å².